The van der Waals surface area contributed by atoms with Gasteiger partial charge in [0.2, 0.25) is 0 Å². The zero-order chi connectivity index (χ0) is 16.5. The van der Waals surface area contributed by atoms with E-state index >= 15 is 0 Å². The number of hydrogen-bond donors (Lipinski definition) is 2. The molecule has 2 heterocycles. The van der Waals surface area contributed by atoms with E-state index in [1.54, 1.807) is 19.2 Å². The van der Waals surface area contributed by atoms with Crippen LogP contribution in [-0.4, -0.2) is 63.2 Å². The van der Waals surface area contributed by atoms with Gasteiger partial charge >= 0.3 is 0 Å². The van der Waals surface area contributed by atoms with Gasteiger partial charge < -0.3 is 24.7 Å². The zero-order valence-electron chi connectivity index (χ0n) is 13.9. The minimum absolute atomic E-state index is 0.212. The summed E-state index contributed by atoms with van der Waals surface area (Å²) in [5.74, 6) is 1.57. The summed E-state index contributed by atoms with van der Waals surface area (Å²) in [6.07, 6.45) is 2.60. The molecule has 1 unspecified atom stereocenters. The normalized spacial score (nSPS) is 18.3. The van der Waals surface area contributed by atoms with Gasteiger partial charge in [0.15, 0.2) is 11.7 Å². The lowest BCUT2D eigenvalue weighted by Gasteiger charge is -2.21. The molecule has 0 spiro atoms. The number of nitrogens with zero attached hydrogens (tertiary/aromatic N) is 2. The van der Waals surface area contributed by atoms with Crippen molar-refractivity contribution >= 4 is 11.9 Å². The molecule has 2 N–H and O–H groups in total. The molecule has 23 heavy (non-hydrogen) atoms. The van der Waals surface area contributed by atoms with Crippen molar-refractivity contribution in [3.63, 3.8) is 0 Å². The Morgan fingerprint density at radius 3 is 3.09 bits per heavy atom. The summed E-state index contributed by atoms with van der Waals surface area (Å²) in [5, 5.41) is 6.10. The summed E-state index contributed by atoms with van der Waals surface area (Å²) in [6, 6.07) is 3.34. The lowest BCUT2D eigenvalue weighted by Crippen LogP contribution is -2.40. The topological polar surface area (TPSA) is 79.1 Å². The van der Waals surface area contributed by atoms with Gasteiger partial charge in [0.25, 0.3) is 5.91 Å². The smallest absolute Gasteiger partial charge is 0.287 e. The van der Waals surface area contributed by atoms with Crippen LogP contribution in [0.15, 0.2) is 27.8 Å². The molecule has 1 amide bonds. The summed E-state index contributed by atoms with van der Waals surface area (Å²) in [5.41, 5.74) is 0. The van der Waals surface area contributed by atoms with Crippen LogP contribution in [0.2, 0.25) is 0 Å². The van der Waals surface area contributed by atoms with Crippen LogP contribution in [0.5, 0.6) is 0 Å². The number of methoxy groups -OCH3 is 1. The average molecular weight is 322 g/mol. The van der Waals surface area contributed by atoms with Gasteiger partial charge in [-0.1, -0.05) is 0 Å². The lowest BCUT2D eigenvalue weighted by atomic mass is 10.1. The molecule has 2 rings (SSSR count). The summed E-state index contributed by atoms with van der Waals surface area (Å²) < 4.78 is 10.3. The SMILES string of the molecule is CCNC(=NCCNC(=O)c1ccco1)N1CCC(COC)C1. The Bertz CT molecular complexity index is 501. The minimum atomic E-state index is -0.212. The minimum Gasteiger partial charge on any atom is -0.459 e. The standard InChI is InChI=1S/C16H26N4O3/c1-3-17-16(20-9-6-13(11-20)12-22-2)19-8-7-18-15(21)14-5-4-10-23-14/h4-5,10,13H,3,6-9,11-12H2,1-2H3,(H,17,19)(H,18,21). The lowest BCUT2D eigenvalue weighted by molar-refractivity contribution is 0.0927. The van der Waals surface area contributed by atoms with Crippen LogP contribution in [0.25, 0.3) is 0 Å². The summed E-state index contributed by atoms with van der Waals surface area (Å²) in [4.78, 5) is 18.6. The number of furan rings is 1. The second-order valence-electron chi connectivity index (χ2n) is 5.52. The second kappa shape index (κ2) is 9.19. The highest BCUT2D eigenvalue weighted by Gasteiger charge is 2.24. The van der Waals surface area contributed by atoms with E-state index in [2.05, 4.69) is 27.4 Å². The van der Waals surface area contributed by atoms with Crippen LogP contribution in [0.4, 0.5) is 0 Å². The highest BCUT2D eigenvalue weighted by molar-refractivity contribution is 5.91. The monoisotopic (exact) mass is 322 g/mol. The van der Waals surface area contributed by atoms with Gasteiger partial charge in [0, 0.05) is 39.2 Å². The maximum Gasteiger partial charge on any atom is 0.287 e. The molecule has 7 heteroatoms. The highest BCUT2D eigenvalue weighted by atomic mass is 16.5. The second-order valence-corrected chi connectivity index (χ2v) is 5.52. The first-order valence-corrected chi connectivity index (χ1v) is 8.08. The molecule has 7 nitrogen and oxygen atoms in total. The van der Waals surface area contributed by atoms with E-state index < -0.39 is 0 Å². The van der Waals surface area contributed by atoms with Crippen molar-refractivity contribution < 1.29 is 13.9 Å². The van der Waals surface area contributed by atoms with Crippen molar-refractivity contribution in [1.82, 2.24) is 15.5 Å². The fourth-order valence-corrected chi connectivity index (χ4v) is 2.65. The average Bonchev–Trinajstić information content (AvgIpc) is 3.22. The first-order valence-electron chi connectivity index (χ1n) is 8.08. The fourth-order valence-electron chi connectivity index (χ4n) is 2.65. The molecular formula is C16H26N4O3. The van der Waals surface area contributed by atoms with Gasteiger partial charge in [-0.3, -0.25) is 9.79 Å². The maximum atomic E-state index is 11.8. The summed E-state index contributed by atoms with van der Waals surface area (Å²) in [7, 11) is 1.74. The molecule has 1 fully saturated rings. The number of guanidine groups is 1. The number of ether oxygens (including phenoxy) is 1. The fraction of sp³-hybridized carbons (Fsp3) is 0.625. The van der Waals surface area contributed by atoms with Gasteiger partial charge in [-0.25, -0.2) is 0 Å². The van der Waals surface area contributed by atoms with Crippen molar-refractivity contribution in [1.29, 1.82) is 0 Å². The molecule has 128 valence electrons. The van der Waals surface area contributed by atoms with Crippen molar-refractivity contribution in [2.24, 2.45) is 10.9 Å². The summed E-state index contributed by atoms with van der Waals surface area (Å²) >= 11 is 0. The predicted molar refractivity (Wildman–Crippen MR) is 88.6 cm³/mol. The van der Waals surface area contributed by atoms with E-state index in [-0.39, 0.29) is 5.91 Å². The number of hydrogen-bond acceptors (Lipinski definition) is 4. The van der Waals surface area contributed by atoms with Crippen molar-refractivity contribution in [2.45, 2.75) is 13.3 Å². The Kier molecular flexibility index (Phi) is 6.93. The van der Waals surface area contributed by atoms with Crippen LogP contribution in [0.3, 0.4) is 0 Å². The first kappa shape index (κ1) is 17.3. The van der Waals surface area contributed by atoms with Gasteiger partial charge in [-0.05, 0) is 25.5 Å². The third kappa shape index (κ3) is 5.28. The van der Waals surface area contributed by atoms with Crippen LogP contribution < -0.4 is 10.6 Å². The number of rotatable bonds is 7. The van der Waals surface area contributed by atoms with Crippen molar-refractivity contribution in [3.8, 4) is 0 Å². The van der Waals surface area contributed by atoms with Crippen LogP contribution in [-0.2, 0) is 4.74 Å². The Morgan fingerprint density at radius 2 is 2.39 bits per heavy atom. The largest absolute Gasteiger partial charge is 0.459 e. The van der Waals surface area contributed by atoms with Gasteiger partial charge in [0.05, 0.1) is 19.4 Å². The molecule has 0 radical (unpaired) electrons. The van der Waals surface area contributed by atoms with Crippen LogP contribution in [0, 0.1) is 5.92 Å². The third-order valence-corrected chi connectivity index (χ3v) is 3.73. The van der Waals surface area contributed by atoms with Crippen LogP contribution in [0.1, 0.15) is 23.9 Å². The van der Waals surface area contributed by atoms with Gasteiger partial charge in [0.1, 0.15) is 0 Å². The van der Waals surface area contributed by atoms with Gasteiger partial charge in [-0.2, -0.15) is 0 Å². The molecule has 0 saturated carbocycles. The molecule has 1 saturated heterocycles. The van der Waals surface area contributed by atoms with Crippen molar-refractivity contribution in [2.75, 3.05) is 46.4 Å². The van der Waals surface area contributed by atoms with E-state index in [4.69, 9.17) is 9.15 Å². The van der Waals surface area contributed by atoms with E-state index in [1.165, 1.54) is 6.26 Å². The highest BCUT2D eigenvalue weighted by Crippen LogP contribution is 2.16. The van der Waals surface area contributed by atoms with E-state index in [0.29, 0.717) is 24.8 Å². The van der Waals surface area contributed by atoms with E-state index in [1.807, 2.05) is 0 Å². The molecule has 0 bridgehead atoms. The molecule has 1 aromatic rings. The number of amides is 1. The Hall–Kier alpha value is -2.02. The van der Waals surface area contributed by atoms with Crippen LogP contribution >= 0.6 is 0 Å². The maximum absolute atomic E-state index is 11.8. The molecule has 1 atom stereocenters. The summed E-state index contributed by atoms with van der Waals surface area (Å²) in [6.45, 7) is 6.61. The van der Waals surface area contributed by atoms with Gasteiger partial charge in [-0.15, -0.1) is 0 Å². The Morgan fingerprint density at radius 1 is 1.52 bits per heavy atom. The number of carbonyl (C=O) groups excluding carboxylic acids is 1. The van der Waals surface area contributed by atoms with E-state index in [9.17, 15) is 4.79 Å². The van der Waals surface area contributed by atoms with Crippen molar-refractivity contribution in [3.05, 3.63) is 24.2 Å². The predicted octanol–water partition coefficient (Wildman–Crippen LogP) is 0.943. The Labute approximate surface area is 137 Å². The zero-order valence-corrected chi connectivity index (χ0v) is 13.9. The molecule has 0 aliphatic carbocycles. The molecule has 1 aliphatic heterocycles. The third-order valence-electron chi connectivity index (χ3n) is 3.73. The number of nitrogens with one attached hydrogen (secondary N) is 2. The number of carbonyl (C=O) groups is 1. The Balaban J connectivity index is 1.78. The van der Waals surface area contributed by atoms with E-state index in [0.717, 1.165) is 38.6 Å². The molecule has 0 aromatic carbocycles. The number of likely N-dealkylation sites (tertiary alicyclic amines) is 1. The molecule has 1 aliphatic rings. The molecular weight excluding hydrogens is 296 g/mol. The quantitative estimate of drug-likeness (QED) is 0.444. The molecule has 1 aromatic heterocycles. The first-order chi connectivity index (χ1) is 11.2. The number of aliphatic imine (C=N–C) groups is 1.